The number of aliphatic hydroxyl groups is 1. The van der Waals surface area contributed by atoms with Gasteiger partial charge in [0, 0.05) is 5.25 Å². The summed E-state index contributed by atoms with van der Waals surface area (Å²) in [6.07, 6.45) is 4.77. The number of rotatable bonds is 2. The summed E-state index contributed by atoms with van der Waals surface area (Å²) in [5, 5.41) is 10.0. The second-order valence-electron chi connectivity index (χ2n) is 2.85. The topological polar surface area (TPSA) is 20.2 Å². The van der Waals surface area contributed by atoms with E-state index >= 15 is 0 Å². The van der Waals surface area contributed by atoms with E-state index in [4.69, 9.17) is 0 Å². The lowest BCUT2D eigenvalue weighted by Crippen LogP contribution is -2.26. The maximum absolute atomic E-state index is 9.48. The van der Waals surface area contributed by atoms with Crippen molar-refractivity contribution in [2.75, 3.05) is 5.75 Å². The van der Waals surface area contributed by atoms with Crippen molar-refractivity contribution < 1.29 is 5.11 Å². The van der Waals surface area contributed by atoms with Gasteiger partial charge in [0.25, 0.3) is 0 Å². The lowest BCUT2D eigenvalue weighted by atomic mass is 9.97. The van der Waals surface area contributed by atoms with E-state index in [0.29, 0.717) is 5.25 Å². The fourth-order valence-corrected chi connectivity index (χ4v) is 2.61. The summed E-state index contributed by atoms with van der Waals surface area (Å²) >= 11 is 1.91. The highest BCUT2D eigenvalue weighted by atomic mass is 32.2. The zero-order valence-corrected chi connectivity index (χ0v) is 7.36. The normalized spacial score (nSPS) is 34.2. The molecule has 2 atom stereocenters. The van der Waals surface area contributed by atoms with Crippen LogP contribution in [0.1, 0.15) is 32.6 Å². The largest absolute Gasteiger partial charge is 0.392 e. The molecule has 0 unspecified atom stereocenters. The zero-order chi connectivity index (χ0) is 7.40. The molecule has 0 aromatic heterocycles. The summed E-state index contributed by atoms with van der Waals surface area (Å²) in [6, 6.07) is 0. The number of hydrogen-bond acceptors (Lipinski definition) is 2. The van der Waals surface area contributed by atoms with Gasteiger partial charge in [-0.1, -0.05) is 19.8 Å². The van der Waals surface area contributed by atoms with E-state index in [2.05, 4.69) is 6.92 Å². The Morgan fingerprint density at radius 3 is 2.70 bits per heavy atom. The molecule has 0 aromatic rings. The zero-order valence-electron chi connectivity index (χ0n) is 6.55. The lowest BCUT2D eigenvalue weighted by molar-refractivity contribution is 0.137. The highest BCUT2D eigenvalue weighted by Crippen LogP contribution is 2.28. The molecule has 1 fully saturated rings. The number of hydrogen-bond donors (Lipinski definition) is 1. The summed E-state index contributed by atoms with van der Waals surface area (Å²) < 4.78 is 0. The highest BCUT2D eigenvalue weighted by Gasteiger charge is 2.21. The van der Waals surface area contributed by atoms with Crippen molar-refractivity contribution in [3.8, 4) is 0 Å². The van der Waals surface area contributed by atoms with Crippen LogP contribution in [0.2, 0.25) is 0 Å². The Kier molecular flexibility index (Phi) is 3.57. The van der Waals surface area contributed by atoms with Crippen LogP contribution in [0.3, 0.4) is 0 Å². The number of thioether (sulfide) groups is 1. The molecular formula is C8H16OS. The Balaban J connectivity index is 2.25. The second kappa shape index (κ2) is 4.24. The fraction of sp³-hybridized carbons (Fsp3) is 1.00. The van der Waals surface area contributed by atoms with E-state index in [9.17, 15) is 5.11 Å². The lowest BCUT2D eigenvalue weighted by Gasteiger charge is -2.26. The summed E-state index contributed by atoms with van der Waals surface area (Å²) in [5.74, 6) is 1.14. The fourth-order valence-electron chi connectivity index (χ4n) is 1.49. The molecule has 1 rings (SSSR count). The van der Waals surface area contributed by atoms with Gasteiger partial charge in [0.1, 0.15) is 0 Å². The molecule has 10 heavy (non-hydrogen) atoms. The summed E-state index contributed by atoms with van der Waals surface area (Å²) in [6.45, 7) is 2.16. The van der Waals surface area contributed by atoms with Crippen molar-refractivity contribution in [1.82, 2.24) is 0 Å². The van der Waals surface area contributed by atoms with E-state index in [1.807, 2.05) is 11.8 Å². The first-order chi connectivity index (χ1) is 4.84. The van der Waals surface area contributed by atoms with Gasteiger partial charge in [-0.3, -0.25) is 0 Å². The van der Waals surface area contributed by atoms with Crippen LogP contribution in [-0.4, -0.2) is 22.2 Å². The van der Waals surface area contributed by atoms with Gasteiger partial charge in [-0.05, 0) is 18.6 Å². The average Bonchev–Trinajstić information content (AvgIpc) is 1.94. The Morgan fingerprint density at radius 2 is 2.10 bits per heavy atom. The highest BCUT2D eigenvalue weighted by molar-refractivity contribution is 7.99. The first-order valence-electron chi connectivity index (χ1n) is 4.14. The molecule has 0 amide bonds. The standard InChI is InChI=1S/C8H16OS/c1-2-10-8-6-4-3-5-7(8)9/h7-9H,2-6H2,1H3/t7-,8+/m1/s1. The summed E-state index contributed by atoms with van der Waals surface area (Å²) in [4.78, 5) is 0. The molecular weight excluding hydrogens is 144 g/mol. The predicted octanol–water partition coefficient (Wildman–Crippen LogP) is 2.04. The van der Waals surface area contributed by atoms with Crippen LogP contribution in [-0.2, 0) is 0 Å². The summed E-state index contributed by atoms with van der Waals surface area (Å²) in [5.41, 5.74) is 0. The van der Waals surface area contributed by atoms with Gasteiger partial charge in [-0.15, -0.1) is 0 Å². The van der Waals surface area contributed by atoms with Crippen molar-refractivity contribution in [1.29, 1.82) is 0 Å². The van der Waals surface area contributed by atoms with Crippen LogP contribution in [0.25, 0.3) is 0 Å². The Hall–Kier alpha value is 0.310. The van der Waals surface area contributed by atoms with Crippen LogP contribution in [0.15, 0.2) is 0 Å². The molecule has 0 saturated heterocycles. The van der Waals surface area contributed by atoms with Gasteiger partial charge in [0.05, 0.1) is 6.10 Å². The van der Waals surface area contributed by atoms with Crippen molar-refractivity contribution in [3.05, 3.63) is 0 Å². The van der Waals surface area contributed by atoms with Crippen LogP contribution in [0, 0.1) is 0 Å². The van der Waals surface area contributed by atoms with Crippen LogP contribution in [0.5, 0.6) is 0 Å². The molecule has 0 aliphatic heterocycles. The van der Waals surface area contributed by atoms with Crippen molar-refractivity contribution >= 4 is 11.8 Å². The molecule has 0 heterocycles. The quantitative estimate of drug-likeness (QED) is 0.667. The number of aliphatic hydroxyl groups excluding tert-OH is 1. The Labute approximate surface area is 67.2 Å². The van der Waals surface area contributed by atoms with Crippen LogP contribution < -0.4 is 0 Å². The van der Waals surface area contributed by atoms with E-state index in [1.54, 1.807) is 0 Å². The third-order valence-corrected chi connectivity index (χ3v) is 3.36. The van der Waals surface area contributed by atoms with E-state index in [1.165, 1.54) is 19.3 Å². The molecule has 0 bridgehead atoms. The van der Waals surface area contributed by atoms with Gasteiger partial charge < -0.3 is 5.11 Å². The predicted molar refractivity (Wildman–Crippen MR) is 46.4 cm³/mol. The SMILES string of the molecule is CCS[C@H]1CCCC[C@H]1O. The van der Waals surface area contributed by atoms with Crippen molar-refractivity contribution in [2.24, 2.45) is 0 Å². The van der Waals surface area contributed by atoms with Gasteiger partial charge in [-0.25, -0.2) is 0 Å². The van der Waals surface area contributed by atoms with Gasteiger partial charge in [-0.2, -0.15) is 11.8 Å². The first-order valence-corrected chi connectivity index (χ1v) is 5.19. The van der Waals surface area contributed by atoms with Crippen LogP contribution >= 0.6 is 11.8 Å². The van der Waals surface area contributed by atoms with Gasteiger partial charge in [0.2, 0.25) is 0 Å². The van der Waals surface area contributed by atoms with Crippen molar-refractivity contribution in [3.63, 3.8) is 0 Å². The first kappa shape index (κ1) is 8.41. The second-order valence-corrected chi connectivity index (χ2v) is 4.36. The third-order valence-electron chi connectivity index (χ3n) is 2.05. The Bertz CT molecular complexity index is 93.3. The molecule has 2 heteroatoms. The molecule has 0 aromatic carbocycles. The third kappa shape index (κ3) is 2.17. The molecule has 1 N–H and O–H groups in total. The van der Waals surface area contributed by atoms with E-state index in [-0.39, 0.29) is 6.10 Å². The molecule has 0 radical (unpaired) electrons. The smallest absolute Gasteiger partial charge is 0.0658 e. The van der Waals surface area contributed by atoms with E-state index < -0.39 is 0 Å². The molecule has 1 nitrogen and oxygen atoms in total. The van der Waals surface area contributed by atoms with E-state index in [0.717, 1.165) is 12.2 Å². The maximum Gasteiger partial charge on any atom is 0.0658 e. The molecule has 1 aliphatic carbocycles. The average molecular weight is 160 g/mol. The van der Waals surface area contributed by atoms with Gasteiger partial charge >= 0.3 is 0 Å². The molecule has 60 valence electrons. The van der Waals surface area contributed by atoms with Crippen molar-refractivity contribution in [2.45, 2.75) is 44.0 Å². The van der Waals surface area contributed by atoms with Gasteiger partial charge in [0.15, 0.2) is 0 Å². The molecule has 0 spiro atoms. The molecule has 1 aliphatic rings. The maximum atomic E-state index is 9.48. The monoisotopic (exact) mass is 160 g/mol. The summed E-state index contributed by atoms with van der Waals surface area (Å²) in [7, 11) is 0. The minimum Gasteiger partial charge on any atom is -0.392 e. The minimum atomic E-state index is -0.0151. The van der Waals surface area contributed by atoms with Crippen LogP contribution in [0.4, 0.5) is 0 Å². The Morgan fingerprint density at radius 1 is 1.40 bits per heavy atom. The molecule has 1 saturated carbocycles. The minimum absolute atomic E-state index is 0.0151.